The predicted molar refractivity (Wildman–Crippen MR) is 137 cm³/mol. The zero-order valence-electron chi connectivity index (χ0n) is 18.5. The van der Waals surface area contributed by atoms with E-state index in [4.69, 9.17) is 33.2 Å². The number of hydrogen-bond donors (Lipinski definition) is 2. The molecular weight excluding hydrogens is 455 g/mol. The summed E-state index contributed by atoms with van der Waals surface area (Å²) in [5, 5.41) is 4.66. The molecule has 33 heavy (non-hydrogen) atoms. The molecule has 2 aromatic carbocycles. The molecule has 0 aliphatic carbocycles. The number of anilines is 2. The van der Waals surface area contributed by atoms with Gasteiger partial charge >= 0.3 is 0 Å². The molecule has 2 N–H and O–H groups in total. The Morgan fingerprint density at radius 1 is 0.939 bits per heavy atom. The van der Waals surface area contributed by atoms with Crippen molar-refractivity contribution in [3.63, 3.8) is 0 Å². The number of hydrogen-bond acceptors (Lipinski definition) is 5. The number of nitrogens with zero attached hydrogens (tertiary/aromatic N) is 4. The van der Waals surface area contributed by atoms with Gasteiger partial charge in [0, 0.05) is 66.6 Å². The average molecular weight is 481 g/mol. The van der Waals surface area contributed by atoms with Gasteiger partial charge in [0.05, 0.1) is 5.52 Å². The Morgan fingerprint density at radius 3 is 2.39 bits per heavy atom. The minimum absolute atomic E-state index is 0.475. The molecule has 2 aromatic heterocycles. The van der Waals surface area contributed by atoms with E-state index < -0.39 is 0 Å². The number of aromatic amines is 1. The second-order valence-electron chi connectivity index (χ2n) is 8.41. The number of rotatable bonds is 6. The van der Waals surface area contributed by atoms with Crippen molar-refractivity contribution in [2.75, 3.05) is 43.4 Å². The lowest BCUT2D eigenvalue weighted by Gasteiger charge is -2.34. The summed E-state index contributed by atoms with van der Waals surface area (Å²) < 4.78 is 0. The lowest BCUT2D eigenvalue weighted by molar-refractivity contribution is 0.313. The van der Waals surface area contributed by atoms with Crippen LogP contribution in [0.4, 0.5) is 11.5 Å². The van der Waals surface area contributed by atoms with E-state index in [1.54, 1.807) is 0 Å². The van der Waals surface area contributed by atoms with Crippen molar-refractivity contribution >= 4 is 45.7 Å². The number of fused-ring (bicyclic) bond motifs is 1. The standard InChI is InChI=1S/C25H26Cl2N6/c1-32-11-13-33(14-12-32)18-7-5-17(6-8-18)15-23-30-22-9-10-28-24(22)25(31-23)29-16-19-20(26)3-2-4-21(19)27/h2-10,28H,11-16H2,1H3,(H,29,30,31). The lowest BCUT2D eigenvalue weighted by Crippen LogP contribution is -2.44. The van der Waals surface area contributed by atoms with Crippen LogP contribution in [0.5, 0.6) is 0 Å². The molecule has 4 aromatic rings. The maximum atomic E-state index is 6.34. The molecule has 170 valence electrons. The van der Waals surface area contributed by atoms with Crippen LogP contribution in [-0.2, 0) is 13.0 Å². The highest BCUT2D eigenvalue weighted by atomic mass is 35.5. The van der Waals surface area contributed by atoms with E-state index in [1.807, 2.05) is 30.5 Å². The summed E-state index contributed by atoms with van der Waals surface area (Å²) in [6.45, 7) is 4.80. The average Bonchev–Trinajstić information content (AvgIpc) is 3.29. The van der Waals surface area contributed by atoms with Gasteiger partial charge in [-0.05, 0) is 42.9 Å². The molecule has 3 heterocycles. The monoisotopic (exact) mass is 480 g/mol. The number of piperazine rings is 1. The molecular formula is C25H26Cl2N6. The molecule has 0 saturated carbocycles. The Labute approximate surface area is 203 Å². The molecule has 1 saturated heterocycles. The second-order valence-corrected chi connectivity index (χ2v) is 9.23. The summed E-state index contributed by atoms with van der Waals surface area (Å²) in [6, 6.07) is 16.2. The lowest BCUT2D eigenvalue weighted by atomic mass is 10.1. The minimum atomic E-state index is 0.475. The summed E-state index contributed by atoms with van der Waals surface area (Å²) in [7, 11) is 2.17. The highest BCUT2D eigenvalue weighted by Crippen LogP contribution is 2.27. The Hall–Kier alpha value is -2.80. The van der Waals surface area contributed by atoms with E-state index in [1.165, 1.54) is 11.3 Å². The molecule has 0 spiro atoms. The van der Waals surface area contributed by atoms with Crippen molar-refractivity contribution in [2.24, 2.45) is 0 Å². The van der Waals surface area contributed by atoms with Crippen molar-refractivity contribution in [1.82, 2.24) is 19.9 Å². The fourth-order valence-electron chi connectivity index (χ4n) is 4.15. The summed E-state index contributed by atoms with van der Waals surface area (Å²) >= 11 is 12.7. The van der Waals surface area contributed by atoms with Gasteiger partial charge in [0.15, 0.2) is 5.82 Å². The van der Waals surface area contributed by atoms with Crippen LogP contribution in [0.15, 0.2) is 54.7 Å². The van der Waals surface area contributed by atoms with Crippen molar-refractivity contribution < 1.29 is 0 Å². The molecule has 0 radical (unpaired) electrons. The van der Waals surface area contributed by atoms with Gasteiger partial charge in [0.25, 0.3) is 0 Å². The number of H-pyrrole nitrogens is 1. The van der Waals surface area contributed by atoms with Gasteiger partial charge in [-0.15, -0.1) is 0 Å². The first-order chi connectivity index (χ1) is 16.1. The molecule has 5 rings (SSSR count). The third-order valence-electron chi connectivity index (χ3n) is 6.11. The number of nitrogens with one attached hydrogen (secondary N) is 2. The van der Waals surface area contributed by atoms with Gasteiger partial charge in [-0.25, -0.2) is 9.97 Å². The van der Waals surface area contributed by atoms with Crippen LogP contribution in [0.1, 0.15) is 17.0 Å². The van der Waals surface area contributed by atoms with Crippen LogP contribution in [0.25, 0.3) is 11.0 Å². The topological polar surface area (TPSA) is 60.1 Å². The third kappa shape index (κ3) is 4.93. The first-order valence-electron chi connectivity index (χ1n) is 11.1. The molecule has 8 heteroatoms. The quantitative estimate of drug-likeness (QED) is 0.396. The molecule has 0 unspecified atom stereocenters. The van der Waals surface area contributed by atoms with E-state index in [0.717, 1.165) is 54.4 Å². The summed E-state index contributed by atoms with van der Waals surface area (Å²) in [5.74, 6) is 1.51. The molecule has 1 aliphatic heterocycles. The number of aromatic nitrogens is 3. The Morgan fingerprint density at radius 2 is 1.67 bits per heavy atom. The maximum absolute atomic E-state index is 6.34. The van der Waals surface area contributed by atoms with Crippen molar-refractivity contribution in [2.45, 2.75) is 13.0 Å². The Kier molecular flexibility index (Phi) is 6.40. The molecule has 0 bridgehead atoms. The molecule has 1 aliphatic rings. The zero-order chi connectivity index (χ0) is 22.8. The highest BCUT2D eigenvalue weighted by molar-refractivity contribution is 6.36. The first-order valence-corrected chi connectivity index (χ1v) is 11.9. The van der Waals surface area contributed by atoms with E-state index >= 15 is 0 Å². The second kappa shape index (κ2) is 9.59. The number of benzene rings is 2. The summed E-state index contributed by atoms with van der Waals surface area (Å²) in [4.78, 5) is 17.6. The fraction of sp³-hybridized carbons (Fsp3) is 0.280. The zero-order valence-corrected chi connectivity index (χ0v) is 20.0. The predicted octanol–water partition coefficient (Wildman–Crippen LogP) is 5.22. The van der Waals surface area contributed by atoms with Gasteiger partial charge in [-0.1, -0.05) is 41.4 Å². The minimum Gasteiger partial charge on any atom is -0.369 e. The van der Waals surface area contributed by atoms with Crippen molar-refractivity contribution in [3.05, 3.63) is 81.7 Å². The highest BCUT2D eigenvalue weighted by Gasteiger charge is 2.15. The van der Waals surface area contributed by atoms with E-state index in [9.17, 15) is 0 Å². The van der Waals surface area contributed by atoms with Crippen molar-refractivity contribution in [1.29, 1.82) is 0 Å². The Bertz CT molecular complexity index is 1230. The first kappa shape index (κ1) is 22.0. The van der Waals surface area contributed by atoms with E-state index in [2.05, 4.69) is 51.4 Å². The van der Waals surface area contributed by atoms with E-state index in [0.29, 0.717) is 23.0 Å². The van der Waals surface area contributed by atoms with Gasteiger partial charge in [0.1, 0.15) is 11.3 Å². The third-order valence-corrected chi connectivity index (χ3v) is 6.82. The normalized spacial score (nSPS) is 14.7. The van der Waals surface area contributed by atoms with E-state index in [-0.39, 0.29) is 0 Å². The number of likely N-dealkylation sites (N-methyl/N-ethyl adjacent to an activating group) is 1. The largest absolute Gasteiger partial charge is 0.369 e. The Balaban J connectivity index is 1.34. The van der Waals surface area contributed by atoms with Crippen LogP contribution < -0.4 is 10.2 Å². The van der Waals surface area contributed by atoms with Crippen LogP contribution >= 0.6 is 23.2 Å². The molecule has 6 nitrogen and oxygen atoms in total. The smallest absolute Gasteiger partial charge is 0.154 e. The molecule has 0 atom stereocenters. The van der Waals surface area contributed by atoms with Gasteiger partial charge in [-0.3, -0.25) is 0 Å². The fourth-order valence-corrected chi connectivity index (χ4v) is 4.68. The molecule has 1 fully saturated rings. The van der Waals surface area contributed by atoms with Crippen LogP contribution in [-0.4, -0.2) is 53.1 Å². The summed E-state index contributed by atoms with van der Waals surface area (Å²) in [6.07, 6.45) is 2.54. The SMILES string of the molecule is CN1CCN(c2ccc(Cc3nc(NCc4c(Cl)cccc4Cl)c4[nH]ccc4n3)cc2)CC1. The summed E-state index contributed by atoms with van der Waals surface area (Å²) in [5.41, 5.74) is 5.05. The van der Waals surface area contributed by atoms with Gasteiger partial charge < -0.3 is 20.1 Å². The van der Waals surface area contributed by atoms with Crippen LogP contribution in [0.3, 0.4) is 0 Å². The van der Waals surface area contributed by atoms with Crippen LogP contribution in [0, 0.1) is 0 Å². The van der Waals surface area contributed by atoms with Crippen molar-refractivity contribution in [3.8, 4) is 0 Å². The van der Waals surface area contributed by atoms with Gasteiger partial charge in [-0.2, -0.15) is 0 Å². The van der Waals surface area contributed by atoms with Gasteiger partial charge in [0.2, 0.25) is 0 Å². The maximum Gasteiger partial charge on any atom is 0.154 e. The van der Waals surface area contributed by atoms with Crippen LogP contribution in [0.2, 0.25) is 10.0 Å². The number of halogens is 2. The molecule has 0 amide bonds.